The number of hydrogen-bond acceptors (Lipinski definition) is 6. The Morgan fingerprint density at radius 1 is 1.07 bits per heavy atom. The van der Waals surface area contributed by atoms with Crippen LogP contribution in [0, 0.1) is 5.92 Å². The fourth-order valence-corrected chi connectivity index (χ4v) is 4.68. The zero-order valence-corrected chi connectivity index (χ0v) is 24.3. The zero-order valence-electron chi connectivity index (χ0n) is 24.3. The Kier molecular flexibility index (Phi) is 9.14. The van der Waals surface area contributed by atoms with Crippen molar-refractivity contribution < 1.29 is 24.2 Å². The number of carboxylic acid groups (broad SMARTS) is 1. The predicted octanol–water partition coefficient (Wildman–Crippen LogP) is 5.18. The second-order valence-corrected chi connectivity index (χ2v) is 11.0. The molecule has 214 valence electrons. The van der Waals surface area contributed by atoms with Crippen molar-refractivity contribution in [2.75, 3.05) is 47.9 Å². The fourth-order valence-electron chi connectivity index (χ4n) is 4.68. The summed E-state index contributed by atoms with van der Waals surface area (Å²) in [6.45, 7) is 6.23. The summed E-state index contributed by atoms with van der Waals surface area (Å²) in [5, 5.41) is 14.4. The highest BCUT2D eigenvalue weighted by atomic mass is 16.5. The molecule has 2 aromatic carbocycles. The van der Waals surface area contributed by atoms with Gasteiger partial charge in [-0.05, 0) is 93.7 Å². The third kappa shape index (κ3) is 6.65. The molecule has 9 heteroatoms. The van der Waals surface area contributed by atoms with Crippen molar-refractivity contribution >= 4 is 11.9 Å². The predicted molar refractivity (Wildman–Crippen MR) is 155 cm³/mol. The Bertz CT molecular complexity index is 1360. The van der Waals surface area contributed by atoms with Gasteiger partial charge in [-0.25, -0.2) is 9.48 Å². The maximum Gasteiger partial charge on any atom is 0.356 e. The number of aromatic nitrogens is 2. The molecule has 1 aliphatic carbocycles. The van der Waals surface area contributed by atoms with Gasteiger partial charge in [0.15, 0.2) is 5.69 Å². The molecule has 1 fully saturated rings. The Hall–Kier alpha value is -3.85. The molecule has 0 unspecified atom stereocenters. The molecule has 0 bridgehead atoms. The van der Waals surface area contributed by atoms with Crippen LogP contribution in [0.2, 0.25) is 0 Å². The largest absolute Gasteiger partial charge is 0.496 e. The third-order valence-electron chi connectivity index (χ3n) is 7.13. The van der Waals surface area contributed by atoms with Crippen LogP contribution in [0.3, 0.4) is 0 Å². The van der Waals surface area contributed by atoms with Crippen molar-refractivity contribution in [2.24, 2.45) is 5.92 Å². The van der Waals surface area contributed by atoms with Crippen molar-refractivity contribution in [2.45, 2.75) is 39.0 Å². The quantitative estimate of drug-likeness (QED) is 0.314. The number of methoxy groups -OCH3 is 1. The highest BCUT2D eigenvalue weighted by Crippen LogP contribution is 2.41. The summed E-state index contributed by atoms with van der Waals surface area (Å²) in [4.78, 5) is 29.2. The van der Waals surface area contributed by atoms with Crippen molar-refractivity contribution in [3.63, 3.8) is 0 Å². The molecule has 0 saturated heterocycles. The van der Waals surface area contributed by atoms with E-state index in [4.69, 9.17) is 9.47 Å². The molecule has 1 amide bonds. The van der Waals surface area contributed by atoms with E-state index in [-0.39, 0.29) is 17.5 Å². The summed E-state index contributed by atoms with van der Waals surface area (Å²) in [6, 6.07) is 12.6. The lowest BCUT2D eigenvalue weighted by Crippen LogP contribution is -2.30. The van der Waals surface area contributed by atoms with E-state index in [1.165, 1.54) is 0 Å². The Morgan fingerprint density at radius 2 is 1.80 bits per heavy atom. The van der Waals surface area contributed by atoms with Crippen LogP contribution in [0.4, 0.5) is 0 Å². The number of benzene rings is 2. The molecule has 1 saturated carbocycles. The summed E-state index contributed by atoms with van der Waals surface area (Å²) in [5.41, 5.74) is 3.25. The topological polar surface area (TPSA) is 97.1 Å². The number of hydrogen-bond donors (Lipinski definition) is 1. The maximum absolute atomic E-state index is 13.3. The minimum absolute atomic E-state index is 0.0374. The smallest absolute Gasteiger partial charge is 0.356 e. The molecule has 1 heterocycles. The summed E-state index contributed by atoms with van der Waals surface area (Å²) in [7, 11) is 7.43. The number of carboxylic acids is 1. The van der Waals surface area contributed by atoms with Crippen LogP contribution in [0.1, 0.15) is 65.4 Å². The third-order valence-corrected chi connectivity index (χ3v) is 7.13. The summed E-state index contributed by atoms with van der Waals surface area (Å²) >= 11 is 0. The van der Waals surface area contributed by atoms with Crippen LogP contribution in [-0.2, 0) is 0 Å². The molecule has 0 spiro atoms. The molecular weight excluding hydrogens is 508 g/mol. The number of amides is 1. The molecule has 4 rings (SSSR count). The molecule has 0 atom stereocenters. The minimum atomic E-state index is -1.13. The van der Waals surface area contributed by atoms with Crippen LogP contribution < -0.4 is 9.47 Å². The van der Waals surface area contributed by atoms with E-state index >= 15 is 0 Å². The van der Waals surface area contributed by atoms with Gasteiger partial charge >= 0.3 is 5.97 Å². The van der Waals surface area contributed by atoms with E-state index in [0.717, 1.165) is 31.4 Å². The van der Waals surface area contributed by atoms with Crippen LogP contribution in [-0.4, -0.2) is 84.5 Å². The first kappa shape index (κ1) is 29.1. The summed E-state index contributed by atoms with van der Waals surface area (Å²) < 4.78 is 13.5. The highest BCUT2D eigenvalue weighted by molar-refractivity contribution is 5.95. The van der Waals surface area contributed by atoms with Gasteiger partial charge in [-0.3, -0.25) is 4.79 Å². The van der Waals surface area contributed by atoms with Crippen LogP contribution in [0.5, 0.6) is 11.5 Å². The molecular formula is C31H40N4O5. The highest BCUT2D eigenvalue weighted by Gasteiger charge is 2.27. The van der Waals surface area contributed by atoms with Gasteiger partial charge in [0.1, 0.15) is 11.5 Å². The second kappa shape index (κ2) is 12.6. The molecule has 1 N–H and O–H groups in total. The SMILES string of the molecule is COc1cccc(OCC2CC2)c1-c1cc(C(=O)O)nn1-c1ccc(C(=O)N(C)CCCN(C)C)cc1C(C)C. The standard InChI is InChI=1S/C31H40N4O5/c1-20(2)23-17-22(30(36)34(5)16-8-15-33(3)4)13-14-25(23)35-26(18-24(32-35)31(37)38)29-27(39-6)9-7-10-28(29)40-19-21-11-12-21/h7,9-10,13-14,17-18,20-21H,8,11-12,15-16,19H2,1-6H3,(H,37,38). The normalized spacial score (nSPS) is 13.1. The van der Waals surface area contributed by atoms with E-state index in [9.17, 15) is 14.7 Å². The lowest BCUT2D eigenvalue weighted by atomic mass is 9.97. The van der Waals surface area contributed by atoms with E-state index in [2.05, 4.69) is 10.00 Å². The molecule has 1 aliphatic rings. The van der Waals surface area contributed by atoms with Crippen LogP contribution in [0.25, 0.3) is 16.9 Å². The lowest BCUT2D eigenvalue weighted by molar-refractivity contribution is 0.0689. The minimum Gasteiger partial charge on any atom is -0.496 e. The molecule has 3 aromatic rings. The van der Waals surface area contributed by atoms with Crippen molar-refractivity contribution in [3.05, 3.63) is 59.3 Å². The molecule has 0 radical (unpaired) electrons. The zero-order chi connectivity index (χ0) is 29.0. The van der Waals surface area contributed by atoms with Crippen molar-refractivity contribution in [1.29, 1.82) is 0 Å². The molecule has 0 aliphatic heterocycles. The maximum atomic E-state index is 13.3. The average Bonchev–Trinajstić information content (AvgIpc) is 3.66. The van der Waals surface area contributed by atoms with Crippen molar-refractivity contribution in [3.8, 4) is 28.4 Å². The lowest BCUT2D eigenvalue weighted by Gasteiger charge is -2.21. The number of rotatable bonds is 13. The van der Waals surface area contributed by atoms with Gasteiger partial charge in [-0.15, -0.1) is 0 Å². The first-order valence-corrected chi connectivity index (χ1v) is 13.8. The monoisotopic (exact) mass is 548 g/mol. The van der Waals surface area contributed by atoms with Gasteiger partial charge in [0.25, 0.3) is 5.91 Å². The van der Waals surface area contributed by atoms with Gasteiger partial charge in [-0.1, -0.05) is 19.9 Å². The van der Waals surface area contributed by atoms with Gasteiger partial charge in [0, 0.05) is 19.2 Å². The van der Waals surface area contributed by atoms with Gasteiger partial charge < -0.3 is 24.4 Å². The van der Waals surface area contributed by atoms with E-state index in [1.54, 1.807) is 28.8 Å². The van der Waals surface area contributed by atoms with Crippen LogP contribution >= 0.6 is 0 Å². The first-order valence-electron chi connectivity index (χ1n) is 13.8. The average molecular weight is 549 g/mol. The first-order chi connectivity index (χ1) is 19.1. The molecule has 1 aromatic heterocycles. The van der Waals surface area contributed by atoms with Crippen molar-refractivity contribution in [1.82, 2.24) is 19.6 Å². The van der Waals surface area contributed by atoms with E-state index < -0.39 is 5.97 Å². The summed E-state index contributed by atoms with van der Waals surface area (Å²) in [6.07, 6.45) is 3.17. The Morgan fingerprint density at radius 3 is 2.42 bits per heavy atom. The van der Waals surface area contributed by atoms with E-state index in [1.807, 2.05) is 65.3 Å². The fraction of sp³-hybridized carbons (Fsp3) is 0.452. The molecule has 40 heavy (non-hydrogen) atoms. The summed E-state index contributed by atoms with van der Waals surface area (Å²) in [5.74, 6) is 0.560. The Labute approximate surface area is 236 Å². The van der Waals surface area contributed by atoms with Crippen LogP contribution in [0.15, 0.2) is 42.5 Å². The Balaban J connectivity index is 1.79. The van der Waals surface area contributed by atoms with Gasteiger partial charge in [0.05, 0.1) is 30.7 Å². The second-order valence-electron chi connectivity index (χ2n) is 11.0. The number of carbonyl (C=O) groups is 2. The number of aromatic carboxylic acids is 1. The number of ether oxygens (including phenoxy) is 2. The van der Waals surface area contributed by atoms with Gasteiger partial charge in [-0.2, -0.15) is 5.10 Å². The number of carbonyl (C=O) groups excluding carboxylic acids is 1. The van der Waals surface area contributed by atoms with E-state index in [0.29, 0.717) is 53.1 Å². The van der Waals surface area contributed by atoms with Gasteiger partial charge in [0.2, 0.25) is 0 Å². The number of nitrogens with zero attached hydrogens (tertiary/aromatic N) is 4. The molecule has 9 nitrogen and oxygen atoms in total.